The van der Waals surface area contributed by atoms with Crippen LogP contribution in [0.5, 0.6) is 5.75 Å². The van der Waals surface area contributed by atoms with Crippen molar-refractivity contribution in [1.29, 1.82) is 0 Å². The summed E-state index contributed by atoms with van der Waals surface area (Å²) >= 11 is 0. The van der Waals surface area contributed by atoms with E-state index in [9.17, 15) is 0 Å². The Labute approximate surface area is 142 Å². The van der Waals surface area contributed by atoms with E-state index < -0.39 is 0 Å². The summed E-state index contributed by atoms with van der Waals surface area (Å²) in [5.74, 6) is 1.93. The second-order valence-corrected chi connectivity index (χ2v) is 6.14. The lowest BCUT2D eigenvalue weighted by Crippen LogP contribution is -2.41. The van der Waals surface area contributed by atoms with Gasteiger partial charge in [-0.1, -0.05) is 37.3 Å². The van der Waals surface area contributed by atoms with Gasteiger partial charge in [0.15, 0.2) is 0 Å². The Balaban J connectivity index is 1.79. The first kappa shape index (κ1) is 14.9. The SMILES string of the molecule is CCc1cc2c(N3CC[C@@H]3c3ccccc3)ncnc2cc1OC. The lowest BCUT2D eigenvalue weighted by atomic mass is 9.94. The van der Waals surface area contributed by atoms with Gasteiger partial charge in [0.25, 0.3) is 0 Å². The van der Waals surface area contributed by atoms with Crippen LogP contribution in [0.3, 0.4) is 0 Å². The molecule has 2 heterocycles. The molecule has 0 aliphatic carbocycles. The summed E-state index contributed by atoms with van der Waals surface area (Å²) in [5.41, 5.74) is 3.48. The first-order valence-electron chi connectivity index (χ1n) is 8.45. The second kappa shape index (κ2) is 6.11. The van der Waals surface area contributed by atoms with E-state index in [1.54, 1.807) is 13.4 Å². The zero-order valence-electron chi connectivity index (χ0n) is 14.1. The van der Waals surface area contributed by atoms with Gasteiger partial charge in [0, 0.05) is 18.0 Å². The van der Waals surface area contributed by atoms with Crippen LogP contribution in [0.25, 0.3) is 10.9 Å². The summed E-state index contributed by atoms with van der Waals surface area (Å²) in [7, 11) is 1.71. The predicted octanol–water partition coefficient (Wildman–Crippen LogP) is 4.15. The molecule has 3 aromatic rings. The van der Waals surface area contributed by atoms with Crippen LogP contribution >= 0.6 is 0 Å². The number of methoxy groups -OCH3 is 1. The molecular formula is C20H21N3O. The lowest BCUT2D eigenvalue weighted by molar-refractivity contribution is 0.410. The Bertz CT molecular complexity index is 863. The zero-order valence-corrected chi connectivity index (χ0v) is 14.1. The number of anilines is 1. The maximum absolute atomic E-state index is 5.50. The fourth-order valence-corrected chi connectivity index (χ4v) is 3.47. The molecule has 24 heavy (non-hydrogen) atoms. The Kier molecular flexibility index (Phi) is 3.81. The minimum atomic E-state index is 0.400. The highest BCUT2D eigenvalue weighted by atomic mass is 16.5. The highest BCUT2D eigenvalue weighted by Gasteiger charge is 2.31. The third-order valence-corrected chi connectivity index (χ3v) is 4.87. The normalized spacial score (nSPS) is 16.9. The van der Waals surface area contributed by atoms with E-state index in [-0.39, 0.29) is 0 Å². The van der Waals surface area contributed by atoms with Crippen LogP contribution in [0.1, 0.15) is 30.5 Å². The standard InChI is InChI=1S/C20H21N3O/c1-3-14-11-16-17(12-19(14)24-2)21-13-22-20(16)23-10-9-18(23)15-7-5-4-6-8-15/h4-8,11-13,18H,3,9-10H2,1-2H3/t18-/m1/s1. The van der Waals surface area contributed by atoms with Gasteiger partial charge >= 0.3 is 0 Å². The molecule has 4 rings (SSSR count). The Hall–Kier alpha value is -2.62. The van der Waals surface area contributed by atoms with Crippen molar-refractivity contribution in [2.45, 2.75) is 25.8 Å². The summed E-state index contributed by atoms with van der Waals surface area (Å²) < 4.78 is 5.50. The maximum atomic E-state index is 5.50. The number of aryl methyl sites for hydroxylation is 1. The van der Waals surface area contributed by atoms with Crippen molar-refractivity contribution >= 4 is 16.7 Å². The van der Waals surface area contributed by atoms with E-state index >= 15 is 0 Å². The first-order chi connectivity index (χ1) is 11.8. The van der Waals surface area contributed by atoms with Gasteiger partial charge in [-0.2, -0.15) is 0 Å². The summed E-state index contributed by atoms with van der Waals surface area (Å²) in [6, 6.07) is 15.3. The Morgan fingerprint density at radius 3 is 2.67 bits per heavy atom. The quantitative estimate of drug-likeness (QED) is 0.724. The van der Waals surface area contributed by atoms with Crippen molar-refractivity contribution in [3.63, 3.8) is 0 Å². The molecule has 1 aliphatic heterocycles. The van der Waals surface area contributed by atoms with Gasteiger partial charge < -0.3 is 9.64 Å². The number of aromatic nitrogens is 2. The summed E-state index contributed by atoms with van der Waals surface area (Å²) in [6.07, 6.45) is 3.74. The van der Waals surface area contributed by atoms with Crippen LogP contribution in [-0.2, 0) is 6.42 Å². The number of nitrogens with zero attached hydrogens (tertiary/aromatic N) is 3. The summed E-state index contributed by atoms with van der Waals surface area (Å²) in [5, 5.41) is 1.11. The number of rotatable bonds is 4. The molecule has 2 aromatic carbocycles. The molecule has 0 radical (unpaired) electrons. The maximum Gasteiger partial charge on any atom is 0.140 e. The van der Waals surface area contributed by atoms with E-state index in [1.165, 1.54) is 11.1 Å². The summed E-state index contributed by atoms with van der Waals surface area (Å²) in [4.78, 5) is 11.4. The first-order valence-corrected chi connectivity index (χ1v) is 8.45. The molecule has 4 nitrogen and oxygen atoms in total. The molecule has 0 spiro atoms. The smallest absolute Gasteiger partial charge is 0.140 e. The molecule has 122 valence electrons. The van der Waals surface area contributed by atoms with Gasteiger partial charge in [0.2, 0.25) is 0 Å². The average Bonchev–Trinajstić information content (AvgIpc) is 2.61. The monoisotopic (exact) mass is 319 g/mol. The van der Waals surface area contributed by atoms with Crippen LogP contribution in [0.2, 0.25) is 0 Å². The minimum Gasteiger partial charge on any atom is -0.496 e. The summed E-state index contributed by atoms with van der Waals surface area (Å²) in [6.45, 7) is 3.17. The van der Waals surface area contributed by atoms with Gasteiger partial charge in [-0.25, -0.2) is 9.97 Å². The molecule has 1 fully saturated rings. The Morgan fingerprint density at radius 1 is 1.17 bits per heavy atom. The molecule has 1 aromatic heterocycles. The van der Waals surface area contributed by atoms with Crippen LogP contribution in [-0.4, -0.2) is 23.6 Å². The number of ether oxygens (including phenoxy) is 1. The fourth-order valence-electron chi connectivity index (χ4n) is 3.47. The lowest BCUT2D eigenvalue weighted by Gasteiger charge is -2.42. The van der Waals surface area contributed by atoms with Crippen LogP contribution < -0.4 is 9.64 Å². The molecule has 4 heteroatoms. The van der Waals surface area contributed by atoms with E-state index in [1.807, 2.05) is 6.07 Å². The zero-order chi connectivity index (χ0) is 16.5. The molecule has 1 aliphatic rings. The van der Waals surface area contributed by atoms with Crippen molar-refractivity contribution in [2.75, 3.05) is 18.6 Å². The number of benzene rings is 2. The predicted molar refractivity (Wildman–Crippen MR) is 96.6 cm³/mol. The van der Waals surface area contributed by atoms with Gasteiger partial charge in [0.05, 0.1) is 18.7 Å². The molecule has 0 amide bonds. The van der Waals surface area contributed by atoms with Crippen molar-refractivity contribution in [1.82, 2.24) is 9.97 Å². The van der Waals surface area contributed by atoms with Crippen LogP contribution in [0, 0.1) is 0 Å². The third kappa shape index (κ3) is 2.39. The molecule has 0 N–H and O–H groups in total. The van der Waals surface area contributed by atoms with E-state index in [0.717, 1.165) is 41.9 Å². The molecular weight excluding hydrogens is 298 g/mol. The Morgan fingerprint density at radius 2 is 2.00 bits per heavy atom. The van der Waals surface area contributed by atoms with Crippen molar-refractivity contribution in [2.24, 2.45) is 0 Å². The molecule has 1 atom stereocenters. The highest BCUT2D eigenvalue weighted by molar-refractivity contribution is 5.91. The topological polar surface area (TPSA) is 38.2 Å². The highest BCUT2D eigenvalue weighted by Crippen LogP contribution is 2.40. The number of hydrogen-bond acceptors (Lipinski definition) is 4. The average molecular weight is 319 g/mol. The molecule has 0 saturated carbocycles. The third-order valence-electron chi connectivity index (χ3n) is 4.87. The van der Waals surface area contributed by atoms with E-state index in [2.05, 4.69) is 58.2 Å². The number of fused-ring (bicyclic) bond motifs is 1. The van der Waals surface area contributed by atoms with Gasteiger partial charge in [-0.15, -0.1) is 0 Å². The van der Waals surface area contributed by atoms with Crippen molar-refractivity contribution in [3.8, 4) is 5.75 Å². The van der Waals surface area contributed by atoms with Crippen molar-refractivity contribution < 1.29 is 4.74 Å². The van der Waals surface area contributed by atoms with Gasteiger partial charge in [0.1, 0.15) is 17.9 Å². The van der Waals surface area contributed by atoms with Gasteiger partial charge in [-0.3, -0.25) is 0 Å². The van der Waals surface area contributed by atoms with E-state index in [4.69, 9.17) is 4.74 Å². The second-order valence-electron chi connectivity index (χ2n) is 6.14. The fraction of sp³-hybridized carbons (Fsp3) is 0.300. The molecule has 1 saturated heterocycles. The largest absolute Gasteiger partial charge is 0.496 e. The molecule has 0 unspecified atom stereocenters. The van der Waals surface area contributed by atoms with Crippen molar-refractivity contribution in [3.05, 3.63) is 59.9 Å². The van der Waals surface area contributed by atoms with Crippen LogP contribution in [0.4, 0.5) is 5.82 Å². The number of hydrogen-bond donors (Lipinski definition) is 0. The van der Waals surface area contributed by atoms with Gasteiger partial charge in [-0.05, 0) is 30.0 Å². The minimum absolute atomic E-state index is 0.400. The molecule has 0 bridgehead atoms. The van der Waals surface area contributed by atoms with E-state index in [0.29, 0.717) is 6.04 Å². The van der Waals surface area contributed by atoms with Crippen LogP contribution in [0.15, 0.2) is 48.8 Å².